The molecule has 0 bridgehead atoms. The highest BCUT2D eigenvalue weighted by Gasteiger charge is 2.68. The summed E-state index contributed by atoms with van der Waals surface area (Å²) in [5.41, 5.74) is -0.482. The van der Waals surface area contributed by atoms with Gasteiger partial charge in [-0.15, -0.1) is 17.9 Å². The molecule has 5 aromatic rings. The van der Waals surface area contributed by atoms with Crippen molar-refractivity contribution in [1.29, 1.82) is 0 Å². The normalized spacial score (nSPS) is 24.1. The molecule has 2 aromatic heterocycles. The van der Waals surface area contributed by atoms with Gasteiger partial charge in [0.2, 0.25) is 23.6 Å². The van der Waals surface area contributed by atoms with Gasteiger partial charge in [-0.2, -0.15) is 5.10 Å². The molecule has 2 aliphatic heterocycles. The average molecular weight is 890 g/mol. The lowest BCUT2D eigenvalue weighted by atomic mass is 9.51. The highest BCUT2D eigenvalue weighted by atomic mass is 35.5. The quantitative estimate of drug-likeness (QED) is 0.0650. The van der Waals surface area contributed by atoms with E-state index in [-0.39, 0.29) is 35.8 Å². The third-order valence-corrected chi connectivity index (χ3v) is 15.0. The Morgan fingerprint density at radius 1 is 1.00 bits per heavy atom. The minimum Gasteiger partial charge on any atom is -0.507 e. The lowest BCUT2D eigenvalue weighted by molar-refractivity contribution is -0.392. The van der Waals surface area contributed by atoms with Crippen LogP contribution in [0.15, 0.2) is 78.9 Å². The molecule has 4 amide bonds. The molecule has 16 nitrogen and oxygen atoms in total. The third kappa shape index (κ3) is 5.96. The predicted octanol–water partition coefficient (Wildman–Crippen LogP) is 8.02. The van der Waals surface area contributed by atoms with Gasteiger partial charge in [-0.1, -0.05) is 47.5 Å². The van der Waals surface area contributed by atoms with Crippen LogP contribution < -0.4 is 14.7 Å². The van der Waals surface area contributed by atoms with Crippen molar-refractivity contribution in [2.24, 2.45) is 36.1 Å². The number of imide groups is 2. The number of amides is 4. The number of benzene rings is 3. The lowest BCUT2D eigenvalue weighted by Crippen LogP contribution is -2.49. The predicted molar refractivity (Wildman–Crippen MR) is 237 cm³/mol. The van der Waals surface area contributed by atoms with Gasteiger partial charge in [0.25, 0.3) is 0 Å². The van der Waals surface area contributed by atoms with Crippen molar-refractivity contribution in [3.63, 3.8) is 0 Å². The van der Waals surface area contributed by atoms with Crippen LogP contribution in [0.5, 0.6) is 5.75 Å². The Morgan fingerprint density at radius 3 is 2.35 bits per heavy atom. The summed E-state index contributed by atoms with van der Waals surface area (Å²) in [5.74, 6) is -7.25. The molecule has 2 aliphatic carbocycles. The zero-order chi connectivity index (χ0) is 45.1. The van der Waals surface area contributed by atoms with E-state index in [1.165, 1.54) is 35.0 Å². The Balaban J connectivity index is 1.17. The maximum Gasteiger partial charge on any atom is 0.301 e. The van der Waals surface area contributed by atoms with Gasteiger partial charge >= 0.3 is 11.4 Å². The first kappa shape index (κ1) is 41.6. The van der Waals surface area contributed by atoms with E-state index in [1.54, 1.807) is 50.4 Å². The number of nitro benzene ring substituents is 2. The standard InChI is InChI=1S/C45H40ClN7O9S/c1-7-9-22-10-8-11-27(39(22)54)37-25-13-14-26-36(43(57)50(41(26)55)24-17-32(52(59)60)38(48(4)5)33(18-24)53(61)62)29(25)19-30-42(56)51(44(58)45(30,37)3)35-20-31(47-49(35)6)40-21(2)28-16-23(46)12-15-34(28)63-40/h7-8,10-13,15-18,20,26,29-30,36-37,54H,1,9,14,19H2,2-6H3/t26-,29+,30-,36-,37+,45+/m0/s1. The molecule has 0 spiro atoms. The fraction of sp³-hybridized carbons (Fsp3) is 0.311. The minimum absolute atomic E-state index is 0.0260. The second-order valence-corrected chi connectivity index (χ2v) is 18.5. The summed E-state index contributed by atoms with van der Waals surface area (Å²) in [6.07, 6.45) is 3.74. The number of allylic oxidation sites excluding steroid dienone is 3. The number of phenols is 1. The Kier molecular flexibility index (Phi) is 9.71. The van der Waals surface area contributed by atoms with Gasteiger partial charge in [0.15, 0.2) is 5.69 Å². The van der Waals surface area contributed by atoms with Gasteiger partial charge in [-0.25, -0.2) is 9.80 Å². The van der Waals surface area contributed by atoms with E-state index in [9.17, 15) is 34.9 Å². The SMILES string of the molecule is C=CCc1cccc([C@H]2C3=CC[C@@H]4C(=O)N(c5cc([N+](=O)[O-])c(N(C)C)c([N+](=O)[O-])c5)C(=O)[C@@H]4[C@@H]3C[C@H]3C(=O)N(c4cc(-c5sc6ccc(Cl)cc6c5C)nn4C)C(=O)[C@@]23C)c1O. The van der Waals surface area contributed by atoms with Gasteiger partial charge < -0.3 is 10.0 Å². The summed E-state index contributed by atoms with van der Waals surface area (Å²) in [6, 6.07) is 14.5. The van der Waals surface area contributed by atoms with Crippen LogP contribution in [0.25, 0.3) is 20.7 Å². The Labute approximate surface area is 368 Å². The van der Waals surface area contributed by atoms with E-state index in [1.807, 2.05) is 25.1 Å². The number of carbonyl (C=O) groups is 4. The lowest BCUT2D eigenvalue weighted by Gasteiger charge is -2.49. The number of hydrogen-bond acceptors (Lipinski definition) is 12. The number of carbonyl (C=O) groups excluding carboxylic acids is 4. The smallest absolute Gasteiger partial charge is 0.301 e. The van der Waals surface area contributed by atoms with E-state index in [0.29, 0.717) is 33.8 Å². The van der Waals surface area contributed by atoms with Crippen LogP contribution in [-0.4, -0.2) is 62.5 Å². The summed E-state index contributed by atoms with van der Waals surface area (Å²) in [6.45, 7) is 7.49. The number of aromatic hydroxyl groups is 1. The first-order chi connectivity index (χ1) is 29.9. The van der Waals surface area contributed by atoms with Crippen molar-refractivity contribution in [3.05, 3.63) is 121 Å². The topological polar surface area (TPSA) is 202 Å². The van der Waals surface area contributed by atoms with Crippen LogP contribution in [-0.2, 0) is 32.6 Å². The molecule has 0 radical (unpaired) electrons. The number of aromatic nitrogens is 2. The molecule has 1 N–H and O–H groups in total. The molecule has 3 fully saturated rings. The summed E-state index contributed by atoms with van der Waals surface area (Å²) in [5, 5.41) is 42.8. The van der Waals surface area contributed by atoms with Crippen molar-refractivity contribution in [2.45, 2.75) is 39.0 Å². The second kappa shape index (κ2) is 14.7. The van der Waals surface area contributed by atoms with Gasteiger partial charge in [0.1, 0.15) is 17.3 Å². The number of hydrogen-bond donors (Lipinski definition) is 1. The number of rotatable bonds is 9. The van der Waals surface area contributed by atoms with Crippen LogP contribution in [0.1, 0.15) is 42.4 Å². The van der Waals surface area contributed by atoms with Gasteiger partial charge in [-0.3, -0.25) is 44.1 Å². The molecular formula is C45H40ClN7O9S. The van der Waals surface area contributed by atoms with E-state index < -0.39 is 79.9 Å². The molecule has 0 unspecified atom stereocenters. The highest BCUT2D eigenvalue weighted by Crippen LogP contribution is 2.65. The highest BCUT2D eigenvalue weighted by molar-refractivity contribution is 7.22. The van der Waals surface area contributed by atoms with Crippen molar-refractivity contribution < 1.29 is 34.1 Å². The largest absolute Gasteiger partial charge is 0.507 e. The number of thiophene rings is 1. The Bertz CT molecular complexity index is 2920. The number of aryl methyl sites for hydroxylation is 2. The fourth-order valence-electron chi connectivity index (χ4n) is 10.7. The molecule has 3 aromatic carbocycles. The van der Waals surface area contributed by atoms with Crippen LogP contribution >= 0.6 is 22.9 Å². The second-order valence-electron chi connectivity index (χ2n) is 17.0. The van der Waals surface area contributed by atoms with E-state index in [0.717, 1.165) is 42.5 Å². The Morgan fingerprint density at radius 2 is 1.70 bits per heavy atom. The molecule has 63 heavy (non-hydrogen) atoms. The number of nitro groups is 2. The number of fused-ring (bicyclic) bond motifs is 5. The van der Waals surface area contributed by atoms with Crippen molar-refractivity contribution >= 4 is 85.2 Å². The summed E-state index contributed by atoms with van der Waals surface area (Å²) >= 11 is 7.83. The van der Waals surface area contributed by atoms with Gasteiger partial charge in [0, 0.05) is 60.5 Å². The number of halogens is 1. The van der Waals surface area contributed by atoms with Crippen LogP contribution in [0.2, 0.25) is 5.02 Å². The molecule has 6 atom stereocenters. The number of nitrogens with zero attached hydrogens (tertiary/aromatic N) is 7. The number of para-hydroxylation sites is 1. The molecule has 18 heteroatoms. The molecule has 4 heterocycles. The summed E-state index contributed by atoms with van der Waals surface area (Å²) in [7, 11) is 4.47. The van der Waals surface area contributed by atoms with Crippen molar-refractivity contribution in [1.82, 2.24) is 9.78 Å². The molecule has 4 aliphatic rings. The summed E-state index contributed by atoms with van der Waals surface area (Å²) in [4.78, 5) is 86.5. The van der Waals surface area contributed by atoms with Gasteiger partial charge in [0.05, 0.1) is 43.6 Å². The molecule has 9 rings (SSSR count). The first-order valence-corrected chi connectivity index (χ1v) is 21.3. The van der Waals surface area contributed by atoms with Crippen molar-refractivity contribution in [2.75, 3.05) is 28.8 Å². The van der Waals surface area contributed by atoms with E-state index in [2.05, 4.69) is 6.58 Å². The van der Waals surface area contributed by atoms with Crippen molar-refractivity contribution in [3.8, 4) is 16.3 Å². The third-order valence-electron chi connectivity index (χ3n) is 13.5. The zero-order valence-electron chi connectivity index (χ0n) is 34.7. The maximum atomic E-state index is 15.3. The number of anilines is 3. The Hall–Kier alpha value is -6.72. The molecule has 2 saturated heterocycles. The van der Waals surface area contributed by atoms with Crippen LogP contribution in [0, 0.1) is 56.2 Å². The molecule has 322 valence electrons. The molecular weight excluding hydrogens is 850 g/mol. The first-order valence-electron chi connectivity index (χ1n) is 20.2. The van der Waals surface area contributed by atoms with E-state index in [4.69, 9.17) is 16.7 Å². The maximum absolute atomic E-state index is 15.3. The monoisotopic (exact) mass is 889 g/mol. The summed E-state index contributed by atoms with van der Waals surface area (Å²) < 4.78 is 2.47. The molecule has 1 saturated carbocycles. The van der Waals surface area contributed by atoms with E-state index >= 15 is 9.59 Å². The zero-order valence-corrected chi connectivity index (χ0v) is 36.3. The van der Waals surface area contributed by atoms with Crippen LogP contribution in [0.4, 0.5) is 28.6 Å². The van der Waals surface area contributed by atoms with Gasteiger partial charge in [-0.05, 0) is 73.7 Å². The fourth-order valence-corrected chi connectivity index (χ4v) is 12.0. The number of phenolic OH excluding ortho intramolecular Hbond substituents is 1. The van der Waals surface area contributed by atoms with Crippen LogP contribution in [0.3, 0.4) is 0 Å². The minimum atomic E-state index is -1.50. The average Bonchev–Trinajstić information content (AvgIpc) is 3.91.